The summed E-state index contributed by atoms with van der Waals surface area (Å²) in [5.74, 6) is 1.74. The molecule has 0 radical (unpaired) electrons. The summed E-state index contributed by atoms with van der Waals surface area (Å²) in [5.41, 5.74) is 5.35. The Labute approximate surface area is 231 Å². The number of hydrogen-bond donors (Lipinski definition) is 2. The van der Waals surface area contributed by atoms with Crippen molar-refractivity contribution in [2.75, 3.05) is 11.5 Å². The molecular formula is C30H45N3O2S2. The lowest BCUT2D eigenvalue weighted by atomic mass is 9.85. The van der Waals surface area contributed by atoms with Crippen molar-refractivity contribution in [3.63, 3.8) is 0 Å². The van der Waals surface area contributed by atoms with E-state index in [1.165, 1.54) is 42.6 Å². The summed E-state index contributed by atoms with van der Waals surface area (Å²) in [6.07, 6.45) is 6.45. The molecule has 0 spiro atoms. The summed E-state index contributed by atoms with van der Waals surface area (Å²) in [7, 11) is 0. The molecule has 1 saturated carbocycles. The monoisotopic (exact) mass is 543 g/mol. The predicted octanol–water partition coefficient (Wildman–Crippen LogP) is 6.60. The van der Waals surface area contributed by atoms with Crippen molar-refractivity contribution in [2.45, 2.75) is 109 Å². The summed E-state index contributed by atoms with van der Waals surface area (Å²) < 4.78 is 17.5. The summed E-state index contributed by atoms with van der Waals surface area (Å²) in [4.78, 5) is 14.5. The van der Waals surface area contributed by atoms with Gasteiger partial charge < -0.3 is 14.4 Å². The van der Waals surface area contributed by atoms with Crippen LogP contribution < -0.4 is 10.0 Å². The van der Waals surface area contributed by atoms with Gasteiger partial charge in [0.05, 0.1) is 5.56 Å². The Morgan fingerprint density at radius 2 is 1.76 bits per heavy atom. The van der Waals surface area contributed by atoms with Gasteiger partial charge in [-0.2, -0.15) is 0 Å². The molecule has 1 aliphatic carbocycles. The zero-order valence-corrected chi connectivity index (χ0v) is 25.3. The van der Waals surface area contributed by atoms with Gasteiger partial charge >= 0.3 is 0 Å². The van der Waals surface area contributed by atoms with Gasteiger partial charge in [-0.15, -0.1) is 0 Å². The maximum Gasteiger partial charge on any atom is 0.253 e. The molecule has 2 aliphatic rings. The van der Waals surface area contributed by atoms with Crippen LogP contribution in [0.2, 0.25) is 0 Å². The first-order valence-electron chi connectivity index (χ1n) is 13.8. The van der Waals surface area contributed by atoms with Crippen LogP contribution in [0.25, 0.3) is 11.3 Å². The number of carbonyl (C=O) groups is 1. The highest BCUT2D eigenvalue weighted by Gasteiger charge is 2.34. The molecule has 7 heteroatoms. The molecule has 2 aromatic rings. The summed E-state index contributed by atoms with van der Waals surface area (Å²) in [5, 5.41) is 3.12. The molecule has 1 aromatic heterocycles. The SMILES string of the molecule is Cc1c(C(=O)NC2C[S+]([O-])C2)cc(-c2ccc(SNC(C)(C)C)c(C(C)(C)C)c2)n1CC1CCCCC1. The van der Waals surface area contributed by atoms with Gasteiger partial charge in [0.2, 0.25) is 0 Å². The Bertz CT molecular complexity index is 1100. The fourth-order valence-corrected chi connectivity index (χ4v) is 7.29. The number of nitrogens with one attached hydrogen (secondary N) is 2. The van der Waals surface area contributed by atoms with Crippen LogP contribution in [0.4, 0.5) is 0 Å². The van der Waals surface area contributed by atoms with Crippen LogP contribution in [-0.4, -0.2) is 38.1 Å². The third-order valence-corrected chi connectivity index (χ3v) is 10.3. The normalized spacial score (nSPS) is 21.1. The first-order chi connectivity index (χ1) is 17.3. The largest absolute Gasteiger partial charge is 0.616 e. The number of benzene rings is 1. The maximum absolute atomic E-state index is 13.3. The minimum Gasteiger partial charge on any atom is -0.616 e. The Morgan fingerprint density at radius 1 is 1.08 bits per heavy atom. The van der Waals surface area contributed by atoms with Crippen molar-refractivity contribution in [3.8, 4) is 11.3 Å². The van der Waals surface area contributed by atoms with Crippen LogP contribution in [-0.2, 0) is 23.1 Å². The fourth-order valence-electron chi connectivity index (χ4n) is 5.30. The molecule has 5 nitrogen and oxygen atoms in total. The van der Waals surface area contributed by atoms with E-state index < -0.39 is 11.2 Å². The summed E-state index contributed by atoms with van der Waals surface area (Å²) >= 11 is 0.918. The van der Waals surface area contributed by atoms with Gasteiger partial charge in [-0.3, -0.25) is 9.52 Å². The maximum atomic E-state index is 13.3. The molecule has 0 unspecified atom stereocenters. The van der Waals surface area contributed by atoms with E-state index in [2.05, 4.69) is 87.3 Å². The van der Waals surface area contributed by atoms with Crippen LogP contribution in [0.1, 0.15) is 95.3 Å². The van der Waals surface area contributed by atoms with Crippen LogP contribution >= 0.6 is 11.9 Å². The van der Waals surface area contributed by atoms with Crippen molar-refractivity contribution < 1.29 is 9.35 Å². The van der Waals surface area contributed by atoms with Gasteiger partial charge in [0.25, 0.3) is 5.91 Å². The van der Waals surface area contributed by atoms with E-state index >= 15 is 0 Å². The van der Waals surface area contributed by atoms with Gasteiger partial charge in [-0.05, 0) is 104 Å². The van der Waals surface area contributed by atoms with E-state index in [1.807, 2.05) is 0 Å². The predicted molar refractivity (Wildman–Crippen MR) is 158 cm³/mol. The number of aromatic nitrogens is 1. The van der Waals surface area contributed by atoms with Gasteiger partial charge in [0.1, 0.15) is 17.5 Å². The minimum absolute atomic E-state index is 0.0135. The standard InChI is InChI=1S/C30H45N3O2S2/c1-20-24(28(34)31-23-18-37(35)19-23)16-26(33(20)17-21-11-9-8-10-12-21)22-13-14-27(36-32-30(5,6)7)25(15-22)29(2,3)4/h13-16,21,23,32H,8-12,17-19H2,1-7H3,(H,31,34). The number of carbonyl (C=O) groups excluding carboxylic acids is 1. The molecule has 2 fully saturated rings. The molecule has 37 heavy (non-hydrogen) atoms. The number of rotatable bonds is 7. The first kappa shape index (κ1) is 28.6. The van der Waals surface area contributed by atoms with Crippen molar-refractivity contribution in [1.82, 2.24) is 14.6 Å². The molecule has 1 amide bonds. The van der Waals surface area contributed by atoms with Crippen molar-refractivity contribution >= 4 is 29.0 Å². The quantitative estimate of drug-likeness (QED) is 0.305. The highest BCUT2D eigenvalue weighted by atomic mass is 32.2. The smallest absolute Gasteiger partial charge is 0.253 e. The highest BCUT2D eigenvalue weighted by molar-refractivity contribution is 7.97. The molecule has 1 aromatic carbocycles. The zero-order chi connectivity index (χ0) is 27.0. The molecule has 1 saturated heterocycles. The molecule has 0 bridgehead atoms. The first-order valence-corrected chi connectivity index (χ1v) is 16.1. The fraction of sp³-hybridized carbons (Fsp3) is 0.633. The van der Waals surface area contributed by atoms with Gasteiger partial charge in [0, 0.05) is 28.4 Å². The topological polar surface area (TPSA) is 69.1 Å². The number of hydrogen-bond acceptors (Lipinski definition) is 4. The summed E-state index contributed by atoms with van der Waals surface area (Å²) in [6, 6.07) is 8.89. The second kappa shape index (κ2) is 11.4. The van der Waals surface area contributed by atoms with Gasteiger partial charge in [0.15, 0.2) is 0 Å². The van der Waals surface area contributed by atoms with E-state index in [9.17, 15) is 9.35 Å². The zero-order valence-electron chi connectivity index (χ0n) is 23.7. The Kier molecular flexibility index (Phi) is 8.79. The molecular weight excluding hydrogens is 498 g/mol. The highest BCUT2D eigenvalue weighted by Crippen LogP contribution is 2.37. The minimum atomic E-state index is -0.782. The third-order valence-electron chi connectivity index (χ3n) is 7.44. The second-order valence-corrected chi connectivity index (χ2v) is 15.4. The van der Waals surface area contributed by atoms with E-state index in [4.69, 9.17) is 0 Å². The van der Waals surface area contributed by atoms with Gasteiger partial charge in [-0.1, -0.05) is 46.1 Å². The molecule has 1 aliphatic heterocycles. The molecule has 0 atom stereocenters. The van der Waals surface area contributed by atoms with Crippen LogP contribution in [0.3, 0.4) is 0 Å². The number of nitrogens with zero attached hydrogens (tertiary/aromatic N) is 1. The lowest BCUT2D eigenvalue weighted by Crippen LogP contribution is -2.53. The van der Waals surface area contributed by atoms with E-state index in [-0.39, 0.29) is 22.9 Å². The third kappa shape index (κ3) is 7.17. The Balaban J connectivity index is 1.71. The molecule has 2 heterocycles. The van der Waals surface area contributed by atoms with Crippen LogP contribution in [0.5, 0.6) is 0 Å². The average Bonchev–Trinajstić information content (AvgIpc) is 3.12. The van der Waals surface area contributed by atoms with E-state index in [0.29, 0.717) is 17.4 Å². The molecule has 4 rings (SSSR count). The Hall–Kier alpha value is -1.41. The van der Waals surface area contributed by atoms with Crippen LogP contribution in [0, 0.1) is 12.8 Å². The van der Waals surface area contributed by atoms with E-state index in [0.717, 1.165) is 29.1 Å². The van der Waals surface area contributed by atoms with Crippen molar-refractivity contribution in [2.24, 2.45) is 5.92 Å². The molecule has 2 N–H and O–H groups in total. The number of amides is 1. The second-order valence-electron chi connectivity index (χ2n) is 13.0. The van der Waals surface area contributed by atoms with Crippen molar-refractivity contribution in [3.05, 3.63) is 41.1 Å². The average molecular weight is 544 g/mol. The van der Waals surface area contributed by atoms with Gasteiger partial charge in [-0.25, -0.2) is 0 Å². The van der Waals surface area contributed by atoms with Crippen LogP contribution in [0.15, 0.2) is 29.2 Å². The summed E-state index contributed by atoms with van der Waals surface area (Å²) in [6.45, 7) is 16.4. The van der Waals surface area contributed by atoms with Crippen molar-refractivity contribution in [1.29, 1.82) is 0 Å². The lowest BCUT2D eigenvalue weighted by Gasteiger charge is -2.29. The lowest BCUT2D eigenvalue weighted by molar-refractivity contribution is 0.0941. The molecule has 204 valence electrons. The Morgan fingerprint density at radius 3 is 2.35 bits per heavy atom. The van der Waals surface area contributed by atoms with E-state index in [1.54, 1.807) is 11.9 Å².